The first-order valence-electron chi connectivity index (χ1n) is 8.99. The lowest BCUT2D eigenvalue weighted by molar-refractivity contribution is 0.0297. The van der Waals surface area contributed by atoms with Crippen LogP contribution in [0.2, 0.25) is 10.0 Å². The second-order valence-electron chi connectivity index (χ2n) is 6.42. The van der Waals surface area contributed by atoms with E-state index in [0.29, 0.717) is 43.9 Å². The minimum atomic E-state index is -0.698. The van der Waals surface area contributed by atoms with Gasteiger partial charge in [-0.2, -0.15) is 0 Å². The molecule has 0 aliphatic carbocycles. The normalized spacial score (nSPS) is 11.6. The summed E-state index contributed by atoms with van der Waals surface area (Å²) in [5.41, 5.74) is 7.90. The number of nitrogens with two attached hydrogens (primary N) is 1. The van der Waals surface area contributed by atoms with Crippen molar-refractivity contribution in [1.29, 1.82) is 0 Å². The molecule has 2 aromatic carbocycles. The Kier molecular flexibility index (Phi) is 7.03. The van der Waals surface area contributed by atoms with Gasteiger partial charge in [0.25, 0.3) is 0 Å². The van der Waals surface area contributed by atoms with Crippen LogP contribution in [0.5, 0.6) is 11.5 Å². The predicted molar refractivity (Wildman–Crippen MR) is 117 cm³/mol. The Hall–Kier alpha value is -2.96. The molecule has 0 saturated carbocycles. The first-order valence-corrected chi connectivity index (χ1v) is 9.74. The van der Waals surface area contributed by atoms with Gasteiger partial charge in [-0.15, -0.1) is 0 Å². The largest absolute Gasteiger partial charge is 0.493 e. The molecular weight excluding hydrogens is 427 g/mol. The summed E-state index contributed by atoms with van der Waals surface area (Å²) in [7, 11) is 3.08. The number of carbonyl (C=O) groups excluding carboxylic acids is 1. The molecule has 1 aromatic heterocycles. The van der Waals surface area contributed by atoms with Gasteiger partial charge in [-0.05, 0) is 41.5 Å². The van der Waals surface area contributed by atoms with E-state index in [1.165, 1.54) is 19.5 Å². The molecule has 0 saturated heterocycles. The van der Waals surface area contributed by atoms with Crippen molar-refractivity contribution in [2.75, 3.05) is 20.0 Å². The Labute approximate surface area is 184 Å². The maximum atomic E-state index is 12.8. The number of hydrogen-bond donors (Lipinski definition) is 1. The highest BCUT2D eigenvalue weighted by Crippen LogP contribution is 2.35. The van der Waals surface area contributed by atoms with E-state index in [1.54, 1.807) is 49.6 Å². The SMILES string of the molecule is COc1ccc([C@H](Cc2c(Cl)cncc2Cl)OC(=O)c2cccc(N)c2)cc1OC. The fraction of sp³-hybridized carbons (Fsp3) is 0.182. The summed E-state index contributed by atoms with van der Waals surface area (Å²) in [5, 5.41) is 0.765. The zero-order chi connectivity index (χ0) is 21.7. The molecule has 0 aliphatic heterocycles. The molecule has 8 heteroatoms. The van der Waals surface area contributed by atoms with Gasteiger partial charge in [0.1, 0.15) is 6.10 Å². The number of esters is 1. The van der Waals surface area contributed by atoms with Crippen LogP contribution in [0.4, 0.5) is 5.69 Å². The maximum absolute atomic E-state index is 12.8. The highest BCUT2D eigenvalue weighted by Gasteiger charge is 2.23. The van der Waals surface area contributed by atoms with Crippen LogP contribution in [0.15, 0.2) is 54.9 Å². The minimum absolute atomic E-state index is 0.240. The number of rotatable bonds is 7. The van der Waals surface area contributed by atoms with E-state index >= 15 is 0 Å². The molecule has 0 aliphatic rings. The second kappa shape index (κ2) is 9.69. The van der Waals surface area contributed by atoms with E-state index < -0.39 is 12.1 Å². The van der Waals surface area contributed by atoms with Gasteiger partial charge in [-0.1, -0.05) is 35.3 Å². The summed E-state index contributed by atoms with van der Waals surface area (Å²) in [6.45, 7) is 0. The average molecular weight is 447 g/mol. The molecule has 0 amide bonds. The van der Waals surface area contributed by atoms with Crippen LogP contribution < -0.4 is 15.2 Å². The summed E-state index contributed by atoms with van der Waals surface area (Å²) in [5.74, 6) is 0.539. The summed E-state index contributed by atoms with van der Waals surface area (Å²) in [6.07, 6.45) is 2.53. The average Bonchev–Trinajstić information content (AvgIpc) is 2.75. The van der Waals surface area contributed by atoms with E-state index in [-0.39, 0.29) is 6.42 Å². The number of halogens is 2. The summed E-state index contributed by atoms with van der Waals surface area (Å²) in [6, 6.07) is 11.9. The monoisotopic (exact) mass is 446 g/mol. The van der Waals surface area contributed by atoms with Gasteiger partial charge in [-0.25, -0.2) is 4.79 Å². The summed E-state index contributed by atoms with van der Waals surface area (Å²) >= 11 is 12.6. The number of pyridine rings is 1. The highest BCUT2D eigenvalue weighted by atomic mass is 35.5. The quantitative estimate of drug-likeness (QED) is 0.400. The number of nitrogen functional groups attached to an aromatic ring is 1. The number of aromatic nitrogens is 1. The third-order valence-electron chi connectivity index (χ3n) is 4.49. The van der Waals surface area contributed by atoms with Crippen LogP contribution >= 0.6 is 23.2 Å². The Morgan fingerprint density at radius 3 is 2.37 bits per heavy atom. The van der Waals surface area contributed by atoms with Crippen molar-refractivity contribution in [1.82, 2.24) is 4.98 Å². The van der Waals surface area contributed by atoms with E-state index in [9.17, 15) is 4.79 Å². The van der Waals surface area contributed by atoms with Crippen LogP contribution in [-0.2, 0) is 11.2 Å². The van der Waals surface area contributed by atoms with Crippen LogP contribution in [-0.4, -0.2) is 25.2 Å². The molecule has 6 nitrogen and oxygen atoms in total. The topological polar surface area (TPSA) is 83.7 Å². The third-order valence-corrected chi connectivity index (χ3v) is 5.14. The van der Waals surface area contributed by atoms with Crippen LogP contribution in [0, 0.1) is 0 Å². The summed E-state index contributed by atoms with van der Waals surface area (Å²) < 4.78 is 16.5. The third kappa shape index (κ3) is 4.96. The molecule has 156 valence electrons. The lowest BCUT2D eigenvalue weighted by atomic mass is 10.0. The molecular formula is C22H20Cl2N2O4. The van der Waals surface area contributed by atoms with Crippen LogP contribution in [0.3, 0.4) is 0 Å². The standard InChI is InChI=1S/C22H20Cl2N2O4/c1-28-19-7-6-13(9-21(19)29-2)20(10-16-17(23)11-26-12-18(16)24)30-22(27)14-4-3-5-15(25)8-14/h3-9,11-12,20H,10,25H2,1-2H3/t20-/m0/s1. The highest BCUT2D eigenvalue weighted by molar-refractivity contribution is 6.35. The lowest BCUT2D eigenvalue weighted by Gasteiger charge is -2.21. The molecule has 0 radical (unpaired) electrons. The Morgan fingerprint density at radius 2 is 1.73 bits per heavy atom. The van der Waals surface area contributed by atoms with Crippen molar-refractivity contribution in [2.45, 2.75) is 12.5 Å². The maximum Gasteiger partial charge on any atom is 0.338 e. The van der Waals surface area contributed by atoms with Crippen molar-refractivity contribution in [2.24, 2.45) is 0 Å². The fourth-order valence-electron chi connectivity index (χ4n) is 2.96. The van der Waals surface area contributed by atoms with Crippen molar-refractivity contribution >= 4 is 34.9 Å². The zero-order valence-corrected chi connectivity index (χ0v) is 17.9. The molecule has 3 aromatic rings. The number of hydrogen-bond acceptors (Lipinski definition) is 6. The molecule has 1 heterocycles. The first-order chi connectivity index (χ1) is 14.4. The van der Waals surface area contributed by atoms with Gasteiger partial charge in [0.15, 0.2) is 11.5 Å². The molecule has 0 bridgehead atoms. The fourth-order valence-corrected chi connectivity index (χ4v) is 3.48. The molecule has 1 atom stereocenters. The van der Waals surface area contributed by atoms with Gasteiger partial charge in [0.05, 0.1) is 29.8 Å². The van der Waals surface area contributed by atoms with Crippen molar-refractivity contribution in [3.63, 3.8) is 0 Å². The first kappa shape index (κ1) is 21.7. The zero-order valence-electron chi connectivity index (χ0n) is 16.4. The second-order valence-corrected chi connectivity index (χ2v) is 7.23. The number of nitrogens with zero attached hydrogens (tertiary/aromatic N) is 1. The smallest absolute Gasteiger partial charge is 0.338 e. The number of ether oxygens (including phenoxy) is 3. The molecule has 0 fully saturated rings. The molecule has 3 rings (SSSR count). The van der Waals surface area contributed by atoms with Gasteiger partial charge in [0.2, 0.25) is 0 Å². The number of benzene rings is 2. The Bertz CT molecular complexity index is 1040. The minimum Gasteiger partial charge on any atom is -0.493 e. The number of carbonyl (C=O) groups is 1. The van der Waals surface area contributed by atoms with E-state index in [2.05, 4.69) is 4.98 Å². The van der Waals surface area contributed by atoms with Gasteiger partial charge in [-0.3, -0.25) is 4.98 Å². The molecule has 0 spiro atoms. The van der Waals surface area contributed by atoms with Crippen molar-refractivity contribution in [3.05, 3.63) is 81.6 Å². The lowest BCUT2D eigenvalue weighted by Crippen LogP contribution is -2.15. The van der Waals surface area contributed by atoms with E-state index in [0.717, 1.165) is 0 Å². The number of anilines is 1. The number of methoxy groups -OCH3 is 2. The van der Waals surface area contributed by atoms with Gasteiger partial charge in [0, 0.05) is 24.5 Å². The van der Waals surface area contributed by atoms with Crippen molar-refractivity contribution in [3.8, 4) is 11.5 Å². The van der Waals surface area contributed by atoms with Crippen molar-refractivity contribution < 1.29 is 19.0 Å². The van der Waals surface area contributed by atoms with Gasteiger partial charge < -0.3 is 19.9 Å². The Balaban J connectivity index is 1.99. The molecule has 2 N–H and O–H groups in total. The van der Waals surface area contributed by atoms with E-state index in [1.807, 2.05) is 0 Å². The Morgan fingerprint density at radius 1 is 1.03 bits per heavy atom. The van der Waals surface area contributed by atoms with Gasteiger partial charge >= 0.3 is 5.97 Å². The molecule has 0 unspecified atom stereocenters. The van der Waals surface area contributed by atoms with E-state index in [4.69, 9.17) is 43.1 Å². The predicted octanol–water partition coefficient (Wildman–Crippen LogP) is 5.13. The molecule has 30 heavy (non-hydrogen) atoms. The van der Waals surface area contributed by atoms with Crippen LogP contribution in [0.1, 0.15) is 27.6 Å². The van der Waals surface area contributed by atoms with Crippen LogP contribution in [0.25, 0.3) is 0 Å². The summed E-state index contributed by atoms with van der Waals surface area (Å²) in [4.78, 5) is 16.8.